The Morgan fingerprint density at radius 2 is 2.14 bits per heavy atom. The van der Waals surface area contributed by atoms with Crippen LogP contribution in [-0.4, -0.2) is 23.5 Å². The van der Waals surface area contributed by atoms with E-state index < -0.39 is 6.10 Å². The molecule has 0 saturated carbocycles. The second-order valence-corrected chi connectivity index (χ2v) is 2.82. The van der Waals surface area contributed by atoms with Gasteiger partial charge in [-0.3, -0.25) is 0 Å². The van der Waals surface area contributed by atoms with E-state index in [2.05, 4.69) is 16.5 Å². The molecule has 0 fully saturated rings. The number of rotatable bonds is 2. The van der Waals surface area contributed by atoms with Crippen LogP contribution in [0.2, 0.25) is 0 Å². The first kappa shape index (κ1) is 10.5. The number of aliphatic hydroxyl groups is 1. The number of hydrogen-bond donors (Lipinski definition) is 2. The van der Waals surface area contributed by atoms with Crippen molar-refractivity contribution in [3.63, 3.8) is 0 Å². The lowest BCUT2D eigenvalue weighted by Crippen LogP contribution is -1.94. The highest BCUT2D eigenvalue weighted by Crippen LogP contribution is 2.15. The van der Waals surface area contributed by atoms with Crippen molar-refractivity contribution < 1.29 is 5.11 Å². The van der Waals surface area contributed by atoms with Gasteiger partial charge in [-0.05, 0) is 12.1 Å². The molecule has 1 aromatic carbocycles. The minimum Gasteiger partial charge on any atom is -0.381 e. The van der Waals surface area contributed by atoms with Gasteiger partial charge in [-0.1, -0.05) is 18.2 Å². The van der Waals surface area contributed by atoms with Crippen molar-refractivity contribution in [2.45, 2.75) is 6.10 Å². The molecule has 0 aliphatic rings. The number of imidazole rings is 1. The van der Waals surface area contributed by atoms with Crippen LogP contribution in [0.5, 0.6) is 0 Å². The summed E-state index contributed by atoms with van der Waals surface area (Å²) in [6.07, 6.45) is 0.727. The number of aliphatic hydroxyl groups excluding tert-OH is 1. The van der Waals surface area contributed by atoms with Gasteiger partial charge in [0.15, 0.2) is 0 Å². The van der Waals surface area contributed by atoms with E-state index in [-0.39, 0.29) is 8.41 Å². The smallest absolute Gasteiger partial charge is 0.140 e. The Labute approximate surface area is 84.1 Å². The van der Waals surface area contributed by atoms with Crippen molar-refractivity contribution in [1.82, 2.24) is 9.97 Å². The maximum atomic E-state index is 9.42. The van der Waals surface area contributed by atoms with Gasteiger partial charge in [0.2, 0.25) is 0 Å². The van der Waals surface area contributed by atoms with Crippen LogP contribution in [-0.2, 0) is 0 Å². The summed E-state index contributed by atoms with van der Waals surface area (Å²) in [4.78, 5) is 7.22. The molecule has 0 spiro atoms. The summed E-state index contributed by atoms with van der Waals surface area (Å²) < 4.78 is 0. The van der Waals surface area contributed by atoms with E-state index in [9.17, 15) is 5.11 Å². The number of hydrogen-bond acceptors (Lipinski definition) is 2. The van der Waals surface area contributed by atoms with E-state index >= 15 is 0 Å². The third-order valence-electron chi connectivity index (χ3n) is 1.91. The Bertz CT molecular complexity index is 405. The van der Waals surface area contributed by atoms with Crippen LogP contribution in [0.3, 0.4) is 0 Å². The molecule has 1 heterocycles. The average molecular weight is 185 g/mol. The fourth-order valence-electron chi connectivity index (χ4n) is 1.22. The molecular weight excluding hydrogens is 175 g/mol. The van der Waals surface area contributed by atoms with Crippen molar-refractivity contribution in [3.05, 3.63) is 42.7 Å². The number of fused-ring (bicyclic) bond motifs is 1. The van der Waals surface area contributed by atoms with Crippen molar-refractivity contribution in [3.8, 4) is 0 Å². The van der Waals surface area contributed by atoms with Crippen LogP contribution in [0.4, 0.5) is 0 Å². The molecular formula is C10H10BN2O. The molecule has 0 amide bonds. The van der Waals surface area contributed by atoms with Crippen molar-refractivity contribution >= 4 is 19.4 Å². The number of H-pyrrole nitrogens is 1. The summed E-state index contributed by atoms with van der Waals surface area (Å²) >= 11 is 0. The maximum Gasteiger partial charge on any atom is 0.140 e. The minimum atomic E-state index is -0.715. The number of aromatic amines is 1. The summed E-state index contributed by atoms with van der Waals surface area (Å²) in [6.45, 7) is 3.50. The van der Waals surface area contributed by atoms with E-state index in [0.717, 1.165) is 11.0 Å². The van der Waals surface area contributed by atoms with Crippen LogP contribution >= 0.6 is 0 Å². The average Bonchev–Trinajstić information content (AvgIpc) is 2.59. The van der Waals surface area contributed by atoms with E-state index in [1.165, 1.54) is 6.08 Å². The molecule has 1 unspecified atom stereocenters. The van der Waals surface area contributed by atoms with Crippen molar-refractivity contribution in [2.24, 2.45) is 0 Å². The zero-order chi connectivity index (χ0) is 9.26. The van der Waals surface area contributed by atoms with Gasteiger partial charge in [0, 0.05) is 8.41 Å². The molecule has 0 saturated heterocycles. The highest BCUT2D eigenvalue weighted by Gasteiger charge is 2.07. The summed E-state index contributed by atoms with van der Waals surface area (Å²) in [6, 6.07) is 7.64. The number of benzene rings is 1. The molecule has 69 valence electrons. The Kier molecular flexibility index (Phi) is 3.09. The van der Waals surface area contributed by atoms with Crippen molar-refractivity contribution in [1.29, 1.82) is 0 Å². The Hall–Kier alpha value is -1.55. The topological polar surface area (TPSA) is 48.9 Å². The standard InChI is InChI=1S/C10H10N2O.B/c1-2-9(13)10-11-7-5-3-4-6-8(7)12-10;/h2-6,9,13H,1H2,(H,11,12);. The molecule has 4 heteroatoms. The molecule has 3 nitrogen and oxygen atoms in total. The Morgan fingerprint density at radius 3 is 2.79 bits per heavy atom. The SMILES string of the molecule is C=CC(O)c1nc2ccccc2[nH]1.[B]. The van der Waals surface area contributed by atoms with E-state index in [1.807, 2.05) is 24.3 Å². The van der Waals surface area contributed by atoms with Crippen LogP contribution < -0.4 is 0 Å². The molecule has 14 heavy (non-hydrogen) atoms. The van der Waals surface area contributed by atoms with E-state index in [0.29, 0.717) is 5.82 Å². The van der Waals surface area contributed by atoms with E-state index in [4.69, 9.17) is 0 Å². The number of nitrogens with zero attached hydrogens (tertiary/aromatic N) is 1. The number of nitrogens with one attached hydrogen (secondary N) is 1. The van der Waals surface area contributed by atoms with Gasteiger partial charge in [0.05, 0.1) is 11.0 Å². The first-order chi connectivity index (χ1) is 6.31. The van der Waals surface area contributed by atoms with Gasteiger partial charge >= 0.3 is 0 Å². The van der Waals surface area contributed by atoms with Crippen LogP contribution in [0, 0.1) is 0 Å². The predicted molar refractivity (Wildman–Crippen MR) is 57.0 cm³/mol. The third-order valence-corrected chi connectivity index (χ3v) is 1.91. The molecule has 1 atom stereocenters. The highest BCUT2D eigenvalue weighted by molar-refractivity contribution is 5.75. The summed E-state index contributed by atoms with van der Waals surface area (Å²) in [7, 11) is 0. The minimum absolute atomic E-state index is 0. The van der Waals surface area contributed by atoms with Gasteiger partial charge in [-0.25, -0.2) is 4.98 Å². The molecule has 2 rings (SSSR count). The molecule has 0 aliphatic heterocycles. The lowest BCUT2D eigenvalue weighted by molar-refractivity contribution is 0.220. The zero-order valence-corrected chi connectivity index (χ0v) is 7.64. The second-order valence-electron chi connectivity index (χ2n) is 2.82. The van der Waals surface area contributed by atoms with Gasteiger partial charge in [-0.2, -0.15) is 0 Å². The van der Waals surface area contributed by atoms with Gasteiger partial charge < -0.3 is 10.1 Å². The molecule has 0 bridgehead atoms. The number of aromatic nitrogens is 2. The quantitative estimate of drug-likeness (QED) is 0.548. The predicted octanol–water partition coefficient (Wildman–Crippen LogP) is 1.40. The largest absolute Gasteiger partial charge is 0.381 e. The normalized spacial score (nSPS) is 12.1. The second kappa shape index (κ2) is 4.11. The Balaban J connectivity index is 0.000000980. The molecule has 1 aromatic heterocycles. The molecule has 0 aliphatic carbocycles. The lowest BCUT2D eigenvalue weighted by atomic mass is 10.3. The number of para-hydroxylation sites is 2. The van der Waals surface area contributed by atoms with Gasteiger partial charge in [0.1, 0.15) is 11.9 Å². The van der Waals surface area contributed by atoms with Crippen LogP contribution in [0.1, 0.15) is 11.9 Å². The molecule has 3 radical (unpaired) electrons. The van der Waals surface area contributed by atoms with Crippen LogP contribution in [0.25, 0.3) is 11.0 Å². The highest BCUT2D eigenvalue weighted by atomic mass is 16.3. The first-order valence-electron chi connectivity index (χ1n) is 4.06. The maximum absolute atomic E-state index is 9.42. The van der Waals surface area contributed by atoms with Gasteiger partial charge in [0.25, 0.3) is 0 Å². The lowest BCUT2D eigenvalue weighted by Gasteiger charge is -1.97. The summed E-state index contributed by atoms with van der Waals surface area (Å²) in [5.41, 5.74) is 1.79. The molecule has 2 N–H and O–H groups in total. The fourth-order valence-corrected chi connectivity index (χ4v) is 1.22. The van der Waals surface area contributed by atoms with Crippen molar-refractivity contribution in [2.75, 3.05) is 0 Å². The summed E-state index contributed by atoms with van der Waals surface area (Å²) in [5.74, 6) is 0.538. The van der Waals surface area contributed by atoms with E-state index in [1.54, 1.807) is 0 Å². The first-order valence-corrected chi connectivity index (χ1v) is 4.06. The fraction of sp³-hybridized carbons (Fsp3) is 0.100. The molecule has 2 aromatic rings. The summed E-state index contributed by atoms with van der Waals surface area (Å²) in [5, 5.41) is 9.42. The van der Waals surface area contributed by atoms with Gasteiger partial charge in [-0.15, -0.1) is 6.58 Å². The zero-order valence-electron chi connectivity index (χ0n) is 7.64. The third kappa shape index (κ3) is 1.70. The Morgan fingerprint density at radius 1 is 1.43 bits per heavy atom. The monoisotopic (exact) mass is 185 g/mol. The van der Waals surface area contributed by atoms with Crippen LogP contribution in [0.15, 0.2) is 36.9 Å².